The van der Waals surface area contributed by atoms with Gasteiger partial charge in [-0.15, -0.1) is 0 Å². The Hall–Kier alpha value is -6.23. The topological polar surface area (TPSA) is 153 Å². The number of hydrogen-bond acceptors (Lipinski definition) is 10. The summed E-state index contributed by atoms with van der Waals surface area (Å²) in [5.74, 6) is -1.97. The summed E-state index contributed by atoms with van der Waals surface area (Å²) in [6.45, 7) is 13.9. The van der Waals surface area contributed by atoms with E-state index in [9.17, 15) is 24.0 Å². The number of imide groups is 1. The first-order valence-corrected chi connectivity index (χ1v) is 26.7. The Morgan fingerprint density at radius 2 is 1.69 bits per heavy atom. The molecule has 1 unspecified atom stereocenters. The fourth-order valence-corrected chi connectivity index (χ4v) is 9.74. The first kappa shape index (κ1) is 47.3. The highest BCUT2D eigenvalue weighted by molar-refractivity contribution is 6.76. The van der Waals surface area contributed by atoms with E-state index < -0.39 is 43.4 Å². The van der Waals surface area contributed by atoms with E-state index in [1.54, 1.807) is 27.8 Å². The number of ether oxygens (including phenoxy) is 3. The number of amides is 4. The molecule has 5 aromatic rings. The molecule has 14 nitrogen and oxygen atoms in total. The number of fused-ring (bicyclic) bond motifs is 2. The predicted molar refractivity (Wildman–Crippen MR) is 255 cm³/mol. The van der Waals surface area contributed by atoms with Crippen molar-refractivity contribution in [2.45, 2.75) is 103 Å². The first-order chi connectivity index (χ1) is 31.8. The summed E-state index contributed by atoms with van der Waals surface area (Å²) in [7, 11) is 0.676. The highest BCUT2D eigenvalue weighted by Crippen LogP contribution is 2.37. The molecule has 2 saturated heterocycles. The molecule has 16 heteroatoms. The zero-order chi connectivity index (χ0) is 47.8. The third-order valence-electron chi connectivity index (χ3n) is 12.6. The minimum Gasteiger partial charge on any atom is -0.493 e. The fourth-order valence-electron chi connectivity index (χ4n) is 8.98. The standard InChI is InChI=1S/C51H59FN6O8Si/c1-51(2,3)66-50(63)58-43-28-45(53-29-34(43)26-44(58)41-12-9-22-55(41)4)54-47(60)38-18-17-35(27-40(38)52)65-23-21-32-13-15-33(16-14-32)36-10-8-11-37-39(36)30-56(48(37)61)42-19-20-46(59)57(49(42)62)31-64-24-25-67(5,6)7/h8,10-11,13-18,26-29,41-42H,9,12,19-25,30-31H2,1-7H3,(H,53,54,60)/t41-,42?/m1/s1. The van der Waals surface area contributed by atoms with Crippen LogP contribution in [0.4, 0.5) is 15.0 Å². The maximum atomic E-state index is 15.5. The van der Waals surface area contributed by atoms with Crippen molar-refractivity contribution in [3.05, 3.63) is 113 Å². The molecule has 67 heavy (non-hydrogen) atoms. The Morgan fingerprint density at radius 1 is 0.925 bits per heavy atom. The van der Waals surface area contributed by atoms with Crippen LogP contribution in [0.15, 0.2) is 79.0 Å². The molecular weight excluding hydrogens is 872 g/mol. The summed E-state index contributed by atoms with van der Waals surface area (Å²) in [5.41, 5.74) is 4.52. The van der Waals surface area contributed by atoms with Crippen LogP contribution in [0, 0.1) is 5.82 Å². The van der Waals surface area contributed by atoms with Crippen molar-refractivity contribution in [3.8, 4) is 16.9 Å². The van der Waals surface area contributed by atoms with Gasteiger partial charge in [-0.3, -0.25) is 29.0 Å². The SMILES string of the molecule is CN1CCC[C@@H]1c1cc2cnc(NC(=O)c3ccc(OCCc4ccc(-c5cccc6c5CN(C5CCC(=O)N(COCC[Si](C)(C)C)C5=O)C6=O)cc4)cc3F)cc2n1C(=O)OC(C)(C)C. The summed E-state index contributed by atoms with van der Waals surface area (Å²) in [5, 5.41) is 3.40. The zero-order valence-electron chi connectivity index (χ0n) is 39.3. The van der Waals surface area contributed by atoms with E-state index in [1.165, 1.54) is 18.2 Å². The average Bonchev–Trinajstić information content (AvgIpc) is 3.97. The second-order valence-electron chi connectivity index (χ2n) is 19.9. The minimum absolute atomic E-state index is 0.0110. The van der Waals surface area contributed by atoms with E-state index in [1.807, 2.05) is 70.3 Å². The summed E-state index contributed by atoms with van der Waals surface area (Å²) in [6.07, 6.45) is 3.89. The van der Waals surface area contributed by atoms with Crippen LogP contribution in [0.5, 0.6) is 5.75 Å². The van der Waals surface area contributed by atoms with Crippen molar-refractivity contribution in [2.24, 2.45) is 0 Å². The molecule has 3 aromatic carbocycles. The predicted octanol–water partition coefficient (Wildman–Crippen LogP) is 9.05. The summed E-state index contributed by atoms with van der Waals surface area (Å²) >= 11 is 0. The molecule has 2 fully saturated rings. The van der Waals surface area contributed by atoms with E-state index in [4.69, 9.17) is 14.2 Å². The molecule has 0 spiro atoms. The highest BCUT2D eigenvalue weighted by atomic mass is 28.3. The van der Waals surface area contributed by atoms with Crippen molar-refractivity contribution in [3.63, 3.8) is 0 Å². The maximum absolute atomic E-state index is 15.5. The molecule has 2 aromatic heterocycles. The molecule has 0 bridgehead atoms. The molecule has 8 rings (SSSR count). The van der Waals surface area contributed by atoms with Gasteiger partial charge in [0.05, 0.1) is 23.7 Å². The maximum Gasteiger partial charge on any atom is 0.419 e. The van der Waals surface area contributed by atoms with Crippen LogP contribution in [0.2, 0.25) is 25.7 Å². The van der Waals surface area contributed by atoms with Gasteiger partial charge in [0.1, 0.15) is 35.8 Å². The number of nitrogens with one attached hydrogen (secondary N) is 1. The molecule has 3 aliphatic heterocycles. The number of piperidine rings is 1. The van der Waals surface area contributed by atoms with Gasteiger partial charge in [0.2, 0.25) is 5.91 Å². The van der Waals surface area contributed by atoms with Crippen LogP contribution in [0.3, 0.4) is 0 Å². The largest absolute Gasteiger partial charge is 0.493 e. The molecule has 5 heterocycles. The lowest BCUT2D eigenvalue weighted by atomic mass is 9.96. The van der Waals surface area contributed by atoms with E-state index >= 15 is 4.39 Å². The first-order valence-electron chi connectivity index (χ1n) is 23.0. The van der Waals surface area contributed by atoms with Gasteiger partial charge >= 0.3 is 6.09 Å². The number of likely N-dealkylation sites (tertiary alicyclic amines) is 2. The summed E-state index contributed by atoms with van der Waals surface area (Å²) in [6, 6.07) is 21.3. The Bertz CT molecular complexity index is 2730. The van der Waals surface area contributed by atoms with E-state index in [2.05, 4.69) is 34.8 Å². The van der Waals surface area contributed by atoms with E-state index in [0.717, 1.165) is 58.3 Å². The van der Waals surface area contributed by atoms with Gasteiger partial charge in [0.15, 0.2) is 0 Å². The number of carbonyl (C=O) groups is 5. The van der Waals surface area contributed by atoms with Crippen molar-refractivity contribution in [1.82, 2.24) is 24.3 Å². The molecule has 352 valence electrons. The molecule has 2 atom stereocenters. The molecular formula is C51H59FN6O8Si. The van der Waals surface area contributed by atoms with Crippen molar-refractivity contribution in [2.75, 3.05) is 38.9 Å². The monoisotopic (exact) mass is 930 g/mol. The number of aromatic nitrogens is 2. The lowest BCUT2D eigenvalue weighted by Crippen LogP contribution is -2.55. The van der Waals surface area contributed by atoms with Gasteiger partial charge in [-0.05, 0) is 106 Å². The van der Waals surface area contributed by atoms with Crippen LogP contribution < -0.4 is 10.1 Å². The van der Waals surface area contributed by atoms with Crippen LogP contribution in [-0.4, -0.2) is 107 Å². The number of benzene rings is 3. The normalized spacial score (nSPS) is 17.9. The molecule has 3 aliphatic rings. The van der Waals surface area contributed by atoms with Gasteiger partial charge in [-0.2, -0.15) is 0 Å². The molecule has 1 N–H and O–H groups in total. The molecule has 4 amide bonds. The Kier molecular flexibility index (Phi) is 13.5. The number of nitrogens with zero attached hydrogens (tertiary/aromatic N) is 5. The minimum atomic E-state index is -1.35. The molecule has 0 saturated carbocycles. The number of carbonyl (C=O) groups excluding carboxylic acids is 5. The van der Waals surface area contributed by atoms with E-state index in [-0.39, 0.29) is 67.7 Å². The smallest absolute Gasteiger partial charge is 0.419 e. The van der Waals surface area contributed by atoms with Gasteiger partial charge < -0.3 is 24.4 Å². The number of hydrogen-bond donors (Lipinski definition) is 1. The lowest BCUT2D eigenvalue weighted by Gasteiger charge is -2.35. The number of halogens is 1. The van der Waals surface area contributed by atoms with Crippen LogP contribution in [-0.2, 0) is 32.0 Å². The van der Waals surface area contributed by atoms with E-state index in [0.29, 0.717) is 29.5 Å². The van der Waals surface area contributed by atoms with Gasteiger partial charge in [-0.25, -0.2) is 18.7 Å². The quantitative estimate of drug-likeness (QED) is 0.0649. The average molecular weight is 931 g/mol. The number of pyridine rings is 1. The van der Waals surface area contributed by atoms with Crippen molar-refractivity contribution < 1.29 is 42.6 Å². The lowest BCUT2D eigenvalue weighted by molar-refractivity contribution is -0.158. The second kappa shape index (κ2) is 19.2. The van der Waals surface area contributed by atoms with Crippen LogP contribution >= 0.6 is 0 Å². The highest BCUT2D eigenvalue weighted by Gasteiger charge is 2.43. The zero-order valence-corrected chi connectivity index (χ0v) is 40.3. The summed E-state index contributed by atoms with van der Waals surface area (Å²) in [4.78, 5) is 76.3. The van der Waals surface area contributed by atoms with Crippen molar-refractivity contribution in [1.29, 1.82) is 0 Å². The van der Waals surface area contributed by atoms with Gasteiger partial charge in [0, 0.05) is 69.0 Å². The number of anilines is 1. The Morgan fingerprint density at radius 3 is 2.39 bits per heavy atom. The Balaban J connectivity index is 0.875. The third kappa shape index (κ3) is 10.5. The van der Waals surface area contributed by atoms with Crippen LogP contribution in [0.25, 0.3) is 22.0 Å². The van der Waals surface area contributed by atoms with Gasteiger partial charge in [-0.1, -0.05) is 56.0 Å². The molecule has 0 aliphatic carbocycles. The van der Waals surface area contributed by atoms with Crippen LogP contribution in [0.1, 0.15) is 90.0 Å². The van der Waals surface area contributed by atoms with Crippen molar-refractivity contribution >= 4 is 54.5 Å². The Labute approximate surface area is 391 Å². The summed E-state index contributed by atoms with van der Waals surface area (Å²) < 4.78 is 34.4. The number of rotatable bonds is 14. The fraction of sp³-hybridized carbons (Fsp3) is 0.412. The second-order valence-corrected chi connectivity index (χ2v) is 25.5. The molecule has 0 radical (unpaired) electrons. The third-order valence-corrected chi connectivity index (χ3v) is 14.3. The van der Waals surface area contributed by atoms with Gasteiger partial charge in [0.25, 0.3) is 17.7 Å².